The number of nitriles is 1. The molecule has 224 valence electrons. The molecule has 0 bridgehead atoms. The summed E-state index contributed by atoms with van der Waals surface area (Å²) in [7, 11) is 0. The van der Waals surface area contributed by atoms with Crippen LogP contribution in [0.2, 0.25) is 0 Å². The molecule has 3 aliphatic rings. The molecule has 43 heavy (non-hydrogen) atoms. The van der Waals surface area contributed by atoms with E-state index in [0.29, 0.717) is 54.2 Å². The molecule has 0 unspecified atom stereocenters. The first-order valence-electron chi connectivity index (χ1n) is 14.7. The van der Waals surface area contributed by atoms with Crippen molar-refractivity contribution in [3.8, 4) is 23.2 Å². The van der Waals surface area contributed by atoms with Gasteiger partial charge in [0.2, 0.25) is 11.9 Å². The molecule has 12 nitrogen and oxygen atoms in total. The summed E-state index contributed by atoms with van der Waals surface area (Å²) in [4.78, 5) is 31.6. The van der Waals surface area contributed by atoms with Crippen LogP contribution in [0.4, 0.5) is 17.3 Å². The van der Waals surface area contributed by atoms with Crippen molar-refractivity contribution in [2.24, 2.45) is 5.92 Å². The molecule has 0 spiro atoms. The van der Waals surface area contributed by atoms with Crippen molar-refractivity contribution >= 4 is 23.2 Å². The van der Waals surface area contributed by atoms with Gasteiger partial charge in [-0.1, -0.05) is 6.92 Å². The van der Waals surface area contributed by atoms with Gasteiger partial charge in [0.15, 0.2) is 5.82 Å². The first kappa shape index (κ1) is 28.8. The molecule has 3 fully saturated rings. The SMILES string of the molecule is C[C@@H]1CN(C(=O)CO)CC[C@@H]1Oc1ccc(-c2ncnc(Nc3ccc(N4CCN(C5COC5)CC4)cc3)n2)cc1C#N. The van der Waals surface area contributed by atoms with Crippen LogP contribution in [-0.4, -0.2) is 107 Å². The van der Waals surface area contributed by atoms with E-state index in [-0.39, 0.29) is 17.9 Å². The molecule has 6 rings (SSSR count). The average molecular weight is 585 g/mol. The molecule has 0 radical (unpaired) electrons. The van der Waals surface area contributed by atoms with Crippen LogP contribution in [0.1, 0.15) is 18.9 Å². The van der Waals surface area contributed by atoms with Crippen LogP contribution in [0.15, 0.2) is 48.8 Å². The Hall–Kier alpha value is -4.31. The van der Waals surface area contributed by atoms with Gasteiger partial charge in [0.25, 0.3) is 0 Å². The Balaban J connectivity index is 1.08. The third kappa shape index (κ3) is 6.54. The molecule has 2 N–H and O–H groups in total. The van der Waals surface area contributed by atoms with Crippen molar-refractivity contribution in [3.05, 3.63) is 54.4 Å². The van der Waals surface area contributed by atoms with E-state index in [1.54, 1.807) is 17.0 Å². The maximum Gasteiger partial charge on any atom is 0.248 e. The van der Waals surface area contributed by atoms with Crippen LogP contribution in [-0.2, 0) is 9.53 Å². The van der Waals surface area contributed by atoms with Gasteiger partial charge in [0.05, 0.1) is 24.8 Å². The van der Waals surface area contributed by atoms with Crippen molar-refractivity contribution in [2.45, 2.75) is 25.5 Å². The van der Waals surface area contributed by atoms with E-state index in [4.69, 9.17) is 14.6 Å². The highest BCUT2D eigenvalue weighted by molar-refractivity contribution is 5.77. The largest absolute Gasteiger partial charge is 0.489 e. The number of carbonyl (C=O) groups is 1. The zero-order chi connectivity index (χ0) is 29.8. The number of hydrogen-bond acceptors (Lipinski definition) is 11. The zero-order valence-electron chi connectivity index (χ0n) is 24.2. The van der Waals surface area contributed by atoms with E-state index in [9.17, 15) is 10.1 Å². The molecule has 0 saturated carbocycles. The molecule has 1 aromatic heterocycles. The number of aromatic nitrogens is 3. The Morgan fingerprint density at radius 3 is 2.58 bits per heavy atom. The second-order valence-corrected chi connectivity index (χ2v) is 11.3. The Labute approximate surface area is 250 Å². The van der Waals surface area contributed by atoms with Gasteiger partial charge < -0.3 is 29.7 Å². The minimum absolute atomic E-state index is 0.0550. The number of anilines is 3. The fraction of sp³-hybridized carbons (Fsp3) is 0.452. The quantitative estimate of drug-likeness (QED) is 0.403. The molecule has 4 heterocycles. The number of carbonyl (C=O) groups excluding carboxylic acids is 1. The van der Waals surface area contributed by atoms with Crippen LogP contribution in [0.25, 0.3) is 11.4 Å². The summed E-state index contributed by atoms with van der Waals surface area (Å²) in [6, 6.07) is 16.4. The second-order valence-electron chi connectivity index (χ2n) is 11.3. The average Bonchev–Trinajstić information content (AvgIpc) is 3.02. The zero-order valence-corrected chi connectivity index (χ0v) is 24.2. The summed E-state index contributed by atoms with van der Waals surface area (Å²) in [5.41, 5.74) is 3.12. The van der Waals surface area contributed by atoms with Crippen molar-refractivity contribution in [1.82, 2.24) is 24.8 Å². The minimum Gasteiger partial charge on any atom is -0.489 e. The molecular formula is C31H36N8O4. The van der Waals surface area contributed by atoms with E-state index in [1.165, 1.54) is 12.0 Å². The summed E-state index contributed by atoms with van der Waals surface area (Å²) >= 11 is 0. The van der Waals surface area contributed by atoms with Crippen molar-refractivity contribution in [2.75, 3.05) is 69.3 Å². The Morgan fingerprint density at radius 1 is 1.12 bits per heavy atom. The third-order valence-corrected chi connectivity index (χ3v) is 8.46. The van der Waals surface area contributed by atoms with E-state index in [0.717, 1.165) is 45.1 Å². The number of rotatable bonds is 8. The highest BCUT2D eigenvalue weighted by Crippen LogP contribution is 2.29. The van der Waals surface area contributed by atoms with Crippen molar-refractivity contribution in [1.29, 1.82) is 5.26 Å². The van der Waals surface area contributed by atoms with Crippen LogP contribution in [0.3, 0.4) is 0 Å². The lowest BCUT2D eigenvalue weighted by molar-refractivity contribution is -0.137. The van der Waals surface area contributed by atoms with Crippen molar-refractivity contribution in [3.63, 3.8) is 0 Å². The number of hydrogen-bond donors (Lipinski definition) is 2. The number of aliphatic hydroxyl groups excluding tert-OH is 1. The number of benzene rings is 2. The normalized spacial score (nSPS) is 21.1. The predicted octanol–water partition coefficient (Wildman–Crippen LogP) is 2.28. The fourth-order valence-corrected chi connectivity index (χ4v) is 5.81. The first-order valence-corrected chi connectivity index (χ1v) is 14.7. The third-order valence-electron chi connectivity index (χ3n) is 8.46. The molecular weight excluding hydrogens is 548 g/mol. The van der Waals surface area contributed by atoms with Crippen LogP contribution < -0.4 is 15.0 Å². The van der Waals surface area contributed by atoms with E-state index >= 15 is 0 Å². The fourth-order valence-electron chi connectivity index (χ4n) is 5.81. The standard InChI is InChI=1S/C31H36N8O4/c1-21-16-39(29(41)17-40)9-8-27(21)43-28-7-2-22(14-23(28)15-32)30-33-20-34-31(36-30)35-24-3-5-25(6-4-24)37-10-12-38(13-11-37)26-18-42-19-26/h2-7,14,20-21,26-27,40H,8-13,16-19H2,1H3,(H,33,34,35,36)/t21-,27+/m1/s1. The maximum absolute atomic E-state index is 11.9. The second kappa shape index (κ2) is 12.9. The number of piperazine rings is 1. The predicted molar refractivity (Wildman–Crippen MR) is 160 cm³/mol. The smallest absolute Gasteiger partial charge is 0.248 e. The van der Waals surface area contributed by atoms with Crippen LogP contribution in [0.5, 0.6) is 5.75 Å². The van der Waals surface area contributed by atoms with Gasteiger partial charge in [0, 0.05) is 68.5 Å². The van der Waals surface area contributed by atoms with Gasteiger partial charge in [-0.15, -0.1) is 0 Å². The Kier molecular flexibility index (Phi) is 8.64. The summed E-state index contributed by atoms with van der Waals surface area (Å²) < 4.78 is 11.6. The number of likely N-dealkylation sites (tertiary alicyclic amines) is 1. The highest BCUT2D eigenvalue weighted by atomic mass is 16.5. The topological polar surface area (TPSA) is 140 Å². The van der Waals surface area contributed by atoms with Gasteiger partial charge in [-0.3, -0.25) is 9.69 Å². The molecule has 2 aromatic carbocycles. The van der Waals surface area contributed by atoms with Gasteiger partial charge in [-0.05, 0) is 42.5 Å². The monoisotopic (exact) mass is 584 g/mol. The number of piperidine rings is 1. The lowest BCUT2D eigenvalue weighted by Crippen LogP contribution is -2.56. The van der Waals surface area contributed by atoms with Crippen LogP contribution >= 0.6 is 0 Å². The summed E-state index contributed by atoms with van der Waals surface area (Å²) in [6.07, 6.45) is 1.92. The number of nitrogens with zero attached hydrogens (tertiary/aromatic N) is 7. The first-order chi connectivity index (χ1) is 21.0. The molecule has 3 aliphatic heterocycles. The molecule has 1 amide bonds. The lowest BCUT2D eigenvalue weighted by atomic mass is 9.96. The van der Waals surface area contributed by atoms with E-state index in [2.05, 4.69) is 48.3 Å². The molecule has 12 heteroatoms. The van der Waals surface area contributed by atoms with E-state index in [1.807, 2.05) is 25.1 Å². The van der Waals surface area contributed by atoms with Gasteiger partial charge in [-0.2, -0.15) is 10.2 Å². The summed E-state index contributed by atoms with van der Waals surface area (Å²) in [6.45, 7) is 8.33. The summed E-state index contributed by atoms with van der Waals surface area (Å²) in [5, 5.41) is 22.3. The molecule has 3 aromatic rings. The lowest BCUT2D eigenvalue weighted by Gasteiger charge is -2.43. The van der Waals surface area contributed by atoms with Crippen LogP contribution in [0, 0.1) is 17.2 Å². The van der Waals surface area contributed by atoms with Crippen molar-refractivity contribution < 1.29 is 19.4 Å². The molecule has 0 aliphatic carbocycles. The highest BCUT2D eigenvalue weighted by Gasteiger charge is 2.31. The van der Waals surface area contributed by atoms with Gasteiger partial charge in [-0.25, -0.2) is 9.97 Å². The number of nitrogens with one attached hydrogen (secondary N) is 1. The molecule has 2 atom stereocenters. The van der Waals surface area contributed by atoms with Gasteiger partial charge in [0.1, 0.15) is 30.9 Å². The Bertz CT molecular complexity index is 1470. The van der Waals surface area contributed by atoms with Gasteiger partial charge >= 0.3 is 0 Å². The Morgan fingerprint density at radius 2 is 1.91 bits per heavy atom. The number of ether oxygens (including phenoxy) is 2. The minimum atomic E-state index is -0.492. The number of aliphatic hydroxyl groups is 1. The maximum atomic E-state index is 11.9. The summed E-state index contributed by atoms with van der Waals surface area (Å²) in [5.74, 6) is 1.11. The number of amides is 1. The van der Waals surface area contributed by atoms with E-state index < -0.39 is 6.61 Å². The molecule has 3 saturated heterocycles.